The van der Waals surface area contributed by atoms with Gasteiger partial charge in [-0.25, -0.2) is 15.0 Å². The van der Waals surface area contributed by atoms with E-state index in [9.17, 15) is 4.79 Å². The van der Waals surface area contributed by atoms with E-state index in [1.807, 2.05) is 48.7 Å². The lowest BCUT2D eigenvalue weighted by Gasteiger charge is -2.36. The molecule has 1 aliphatic heterocycles. The standard InChI is InChI=1S/C23H24N8O2S/c1-33-22(32)15-34-23-27-19(26-17-5-6-18-16(12-17)14-25-29-18)13-21(28-23)31-10-8-30(9-11-31)20-4-2-3-7-24-20/h2-7,12-14H,8-11,15H2,1H3,(H,25,29)(H,26,27,28). The quantitative estimate of drug-likeness (QED) is 0.234. The minimum atomic E-state index is -0.317. The van der Waals surface area contributed by atoms with E-state index in [2.05, 4.69) is 35.3 Å². The number of carbonyl (C=O) groups is 1. The molecule has 3 aromatic heterocycles. The van der Waals surface area contributed by atoms with Gasteiger partial charge in [-0.1, -0.05) is 17.8 Å². The molecule has 34 heavy (non-hydrogen) atoms. The van der Waals surface area contributed by atoms with E-state index >= 15 is 0 Å². The molecular formula is C23H24N8O2S. The molecule has 4 aromatic rings. The van der Waals surface area contributed by atoms with Gasteiger partial charge in [0.1, 0.15) is 17.5 Å². The second kappa shape index (κ2) is 9.96. The number of benzene rings is 1. The lowest BCUT2D eigenvalue weighted by atomic mass is 10.2. The zero-order valence-electron chi connectivity index (χ0n) is 18.6. The number of hydrogen-bond acceptors (Lipinski definition) is 10. The Morgan fingerprint density at radius 1 is 1.09 bits per heavy atom. The van der Waals surface area contributed by atoms with Crippen LogP contribution in [-0.4, -0.2) is 70.2 Å². The number of esters is 1. The van der Waals surface area contributed by atoms with Gasteiger partial charge in [-0.2, -0.15) is 5.10 Å². The normalized spacial score (nSPS) is 13.8. The van der Waals surface area contributed by atoms with Crippen LogP contribution in [0.2, 0.25) is 0 Å². The molecule has 0 bridgehead atoms. The monoisotopic (exact) mass is 476 g/mol. The van der Waals surface area contributed by atoms with E-state index in [4.69, 9.17) is 9.72 Å². The molecule has 4 heterocycles. The number of nitrogens with zero attached hydrogens (tertiary/aromatic N) is 6. The SMILES string of the molecule is COC(=O)CSc1nc(Nc2ccc3[nH]ncc3c2)cc(N2CCN(c3ccccn3)CC2)n1. The zero-order chi connectivity index (χ0) is 23.3. The summed E-state index contributed by atoms with van der Waals surface area (Å²) in [5, 5.41) is 11.9. The van der Waals surface area contributed by atoms with Crippen molar-refractivity contribution < 1.29 is 9.53 Å². The summed E-state index contributed by atoms with van der Waals surface area (Å²) in [7, 11) is 1.38. The first kappa shape index (κ1) is 22.0. The van der Waals surface area contributed by atoms with Crippen LogP contribution in [0.4, 0.5) is 23.1 Å². The Hall–Kier alpha value is -3.86. The van der Waals surface area contributed by atoms with E-state index in [1.54, 1.807) is 6.20 Å². The first-order chi connectivity index (χ1) is 16.7. The van der Waals surface area contributed by atoms with Crippen molar-refractivity contribution in [1.29, 1.82) is 0 Å². The Morgan fingerprint density at radius 2 is 1.91 bits per heavy atom. The first-order valence-corrected chi connectivity index (χ1v) is 11.9. The molecule has 11 heteroatoms. The second-order valence-corrected chi connectivity index (χ2v) is 8.66. The molecule has 0 spiro atoms. The molecule has 10 nitrogen and oxygen atoms in total. The molecule has 5 rings (SSSR count). The minimum absolute atomic E-state index is 0.147. The fourth-order valence-corrected chi connectivity index (χ4v) is 4.45. The lowest BCUT2D eigenvalue weighted by molar-refractivity contribution is -0.137. The highest BCUT2D eigenvalue weighted by Crippen LogP contribution is 2.27. The third kappa shape index (κ3) is 5.04. The number of aromatic amines is 1. The molecule has 0 unspecified atom stereocenters. The molecule has 0 saturated carbocycles. The highest BCUT2D eigenvalue weighted by Gasteiger charge is 2.21. The number of aromatic nitrogens is 5. The van der Waals surface area contributed by atoms with Crippen LogP contribution in [0, 0.1) is 0 Å². The topological polar surface area (TPSA) is 112 Å². The van der Waals surface area contributed by atoms with Gasteiger partial charge in [0, 0.05) is 49.5 Å². The zero-order valence-corrected chi connectivity index (χ0v) is 19.5. The molecule has 2 N–H and O–H groups in total. The van der Waals surface area contributed by atoms with Crippen LogP contribution in [0.25, 0.3) is 10.9 Å². The number of ether oxygens (including phenoxy) is 1. The number of carbonyl (C=O) groups excluding carboxylic acids is 1. The molecular weight excluding hydrogens is 452 g/mol. The Labute approximate surface area is 200 Å². The first-order valence-electron chi connectivity index (χ1n) is 10.9. The molecule has 0 aliphatic carbocycles. The number of fused-ring (bicyclic) bond motifs is 1. The summed E-state index contributed by atoms with van der Waals surface area (Å²) in [4.78, 5) is 30.0. The van der Waals surface area contributed by atoms with Crippen LogP contribution in [0.15, 0.2) is 60.0 Å². The summed E-state index contributed by atoms with van der Waals surface area (Å²) in [5.74, 6) is 2.29. The Morgan fingerprint density at radius 3 is 2.68 bits per heavy atom. The third-order valence-corrected chi connectivity index (χ3v) is 6.35. The highest BCUT2D eigenvalue weighted by atomic mass is 32.2. The lowest BCUT2D eigenvalue weighted by Crippen LogP contribution is -2.47. The van der Waals surface area contributed by atoms with Crippen molar-refractivity contribution in [2.24, 2.45) is 0 Å². The Kier molecular flexibility index (Phi) is 6.43. The largest absolute Gasteiger partial charge is 0.468 e. The summed E-state index contributed by atoms with van der Waals surface area (Å²) in [6, 6.07) is 13.8. The Balaban J connectivity index is 1.36. The molecule has 174 valence electrons. The summed E-state index contributed by atoms with van der Waals surface area (Å²) in [6.07, 6.45) is 3.60. The van der Waals surface area contributed by atoms with Crippen molar-refractivity contribution in [1.82, 2.24) is 25.1 Å². The predicted molar refractivity (Wildman–Crippen MR) is 133 cm³/mol. The van der Waals surface area contributed by atoms with E-state index in [0.717, 1.165) is 54.4 Å². The maximum Gasteiger partial charge on any atom is 0.316 e. The van der Waals surface area contributed by atoms with Gasteiger partial charge < -0.3 is 19.9 Å². The van der Waals surface area contributed by atoms with Crippen molar-refractivity contribution >= 4 is 51.8 Å². The van der Waals surface area contributed by atoms with Crippen LogP contribution in [0.5, 0.6) is 0 Å². The predicted octanol–water partition coefficient (Wildman–Crippen LogP) is 3.08. The summed E-state index contributed by atoms with van der Waals surface area (Å²) < 4.78 is 4.77. The molecule has 0 amide bonds. The molecule has 1 saturated heterocycles. The van der Waals surface area contributed by atoms with E-state index in [0.29, 0.717) is 11.0 Å². The van der Waals surface area contributed by atoms with Gasteiger partial charge in [-0.3, -0.25) is 9.89 Å². The van der Waals surface area contributed by atoms with Crippen molar-refractivity contribution in [2.45, 2.75) is 5.16 Å². The number of rotatable bonds is 7. The van der Waals surface area contributed by atoms with Crippen LogP contribution < -0.4 is 15.1 Å². The maximum atomic E-state index is 11.7. The van der Waals surface area contributed by atoms with Gasteiger partial charge in [-0.05, 0) is 30.3 Å². The van der Waals surface area contributed by atoms with Gasteiger partial charge in [0.05, 0.1) is 24.6 Å². The number of nitrogens with one attached hydrogen (secondary N) is 2. The summed E-state index contributed by atoms with van der Waals surface area (Å²) in [6.45, 7) is 3.28. The highest BCUT2D eigenvalue weighted by molar-refractivity contribution is 7.99. The van der Waals surface area contributed by atoms with Gasteiger partial charge in [0.15, 0.2) is 5.16 Å². The number of piperazine rings is 1. The molecule has 0 atom stereocenters. The Bertz CT molecular complexity index is 1270. The van der Waals surface area contributed by atoms with E-state index in [-0.39, 0.29) is 11.7 Å². The van der Waals surface area contributed by atoms with Crippen molar-refractivity contribution in [3.8, 4) is 0 Å². The molecule has 1 fully saturated rings. The van der Waals surface area contributed by atoms with Crippen LogP contribution in [0.3, 0.4) is 0 Å². The molecule has 1 aromatic carbocycles. The average molecular weight is 477 g/mol. The number of anilines is 4. The van der Waals surface area contributed by atoms with Gasteiger partial charge in [0.2, 0.25) is 0 Å². The fourth-order valence-electron chi connectivity index (χ4n) is 3.76. The number of H-pyrrole nitrogens is 1. The van der Waals surface area contributed by atoms with Gasteiger partial charge in [0.25, 0.3) is 0 Å². The number of hydrogen-bond donors (Lipinski definition) is 2. The average Bonchev–Trinajstić information content (AvgIpc) is 3.36. The fraction of sp³-hybridized carbons (Fsp3) is 0.261. The van der Waals surface area contributed by atoms with E-state index < -0.39 is 0 Å². The van der Waals surface area contributed by atoms with Crippen LogP contribution >= 0.6 is 11.8 Å². The minimum Gasteiger partial charge on any atom is -0.468 e. The van der Waals surface area contributed by atoms with Crippen LogP contribution in [0.1, 0.15) is 0 Å². The van der Waals surface area contributed by atoms with Crippen LogP contribution in [-0.2, 0) is 9.53 Å². The number of methoxy groups -OCH3 is 1. The summed E-state index contributed by atoms with van der Waals surface area (Å²) in [5.41, 5.74) is 1.86. The van der Waals surface area contributed by atoms with Crippen molar-refractivity contribution in [3.63, 3.8) is 0 Å². The number of pyridine rings is 1. The maximum absolute atomic E-state index is 11.7. The summed E-state index contributed by atoms with van der Waals surface area (Å²) >= 11 is 1.26. The van der Waals surface area contributed by atoms with Crippen molar-refractivity contribution in [2.75, 3.05) is 54.2 Å². The second-order valence-electron chi connectivity index (χ2n) is 7.72. The number of thioether (sulfide) groups is 1. The molecule has 0 radical (unpaired) electrons. The van der Waals surface area contributed by atoms with E-state index in [1.165, 1.54) is 18.9 Å². The smallest absolute Gasteiger partial charge is 0.316 e. The van der Waals surface area contributed by atoms with Gasteiger partial charge >= 0.3 is 5.97 Å². The van der Waals surface area contributed by atoms with Crippen molar-refractivity contribution in [3.05, 3.63) is 54.9 Å². The third-order valence-electron chi connectivity index (χ3n) is 5.53. The van der Waals surface area contributed by atoms with Gasteiger partial charge in [-0.15, -0.1) is 0 Å². The molecule has 1 aliphatic rings.